The first-order valence-corrected chi connectivity index (χ1v) is 5.09. The molecular weight excluding hydrogens is 258 g/mol. The molecule has 0 aliphatic rings. The Balaban J connectivity index is 2.88. The highest BCUT2D eigenvalue weighted by Crippen LogP contribution is 2.23. The van der Waals surface area contributed by atoms with Gasteiger partial charge in [0, 0.05) is 10.2 Å². The number of halogens is 1. The van der Waals surface area contributed by atoms with Gasteiger partial charge in [-0.1, -0.05) is 0 Å². The highest BCUT2D eigenvalue weighted by molar-refractivity contribution is 9.10. The van der Waals surface area contributed by atoms with Gasteiger partial charge < -0.3 is 11.1 Å². The van der Waals surface area contributed by atoms with Crippen molar-refractivity contribution in [3.63, 3.8) is 0 Å². The van der Waals surface area contributed by atoms with Crippen LogP contribution in [-0.4, -0.2) is 11.9 Å². The van der Waals surface area contributed by atoms with Gasteiger partial charge in [-0.25, -0.2) is 0 Å². The van der Waals surface area contributed by atoms with Crippen LogP contribution in [0.5, 0.6) is 0 Å². The minimum Gasteiger partial charge on any atom is -0.373 e. The van der Waals surface area contributed by atoms with Crippen molar-refractivity contribution in [2.75, 3.05) is 5.32 Å². The topological polar surface area (TPSA) is 78.9 Å². The highest BCUT2D eigenvalue weighted by atomic mass is 79.9. The fraction of sp³-hybridized carbons (Fsp3) is 0.200. The first-order valence-electron chi connectivity index (χ1n) is 4.30. The Morgan fingerprint density at radius 3 is 2.80 bits per heavy atom. The Labute approximate surface area is 96.2 Å². The second kappa shape index (κ2) is 4.80. The van der Waals surface area contributed by atoms with Crippen LogP contribution in [0.3, 0.4) is 0 Å². The van der Waals surface area contributed by atoms with Gasteiger partial charge in [-0.05, 0) is 41.1 Å². The van der Waals surface area contributed by atoms with E-state index < -0.39 is 11.9 Å². The molecule has 4 nitrogen and oxygen atoms in total. The Morgan fingerprint density at radius 1 is 1.67 bits per heavy atom. The van der Waals surface area contributed by atoms with E-state index in [4.69, 9.17) is 11.0 Å². The lowest BCUT2D eigenvalue weighted by Gasteiger charge is -2.13. The van der Waals surface area contributed by atoms with Crippen molar-refractivity contribution in [3.05, 3.63) is 28.2 Å². The molecule has 1 aromatic rings. The summed E-state index contributed by atoms with van der Waals surface area (Å²) < 4.78 is 0.731. The summed E-state index contributed by atoms with van der Waals surface area (Å²) in [6.07, 6.45) is 0. The minimum absolute atomic E-state index is 0.425. The van der Waals surface area contributed by atoms with E-state index in [9.17, 15) is 4.79 Å². The fourth-order valence-electron chi connectivity index (χ4n) is 1.01. The standard InChI is InChI=1S/C10H10BrN3O/c1-6(10(13)15)14-9-3-2-7(5-12)4-8(9)11/h2-4,6,14H,1H3,(H2,13,15). The quantitative estimate of drug-likeness (QED) is 0.873. The number of amides is 1. The van der Waals surface area contributed by atoms with Gasteiger partial charge in [-0.15, -0.1) is 0 Å². The van der Waals surface area contributed by atoms with E-state index in [2.05, 4.69) is 21.2 Å². The van der Waals surface area contributed by atoms with Crippen LogP contribution >= 0.6 is 15.9 Å². The van der Waals surface area contributed by atoms with Crippen LogP contribution in [0.1, 0.15) is 12.5 Å². The molecule has 78 valence electrons. The van der Waals surface area contributed by atoms with Crippen LogP contribution in [0.25, 0.3) is 0 Å². The molecule has 0 radical (unpaired) electrons. The van der Waals surface area contributed by atoms with Crippen molar-refractivity contribution < 1.29 is 4.79 Å². The first kappa shape index (κ1) is 11.5. The number of carbonyl (C=O) groups excluding carboxylic acids is 1. The maximum atomic E-state index is 10.8. The van der Waals surface area contributed by atoms with Gasteiger partial charge >= 0.3 is 0 Å². The average molecular weight is 268 g/mol. The number of anilines is 1. The summed E-state index contributed by atoms with van der Waals surface area (Å²) in [4.78, 5) is 10.8. The molecule has 1 aromatic carbocycles. The lowest BCUT2D eigenvalue weighted by Crippen LogP contribution is -2.32. The number of nitrogens with two attached hydrogens (primary N) is 1. The molecule has 0 aromatic heterocycles. The number of nitrogens with zero attached hydrogens (tertiary/aromatic N) is 1. The summed E-state index contributed by atoms with van der Waals surface area (Å²) in [5.41, 5.74) is 6.41. The SMILES string of the molecule is CC(Nc1ccc(C#N)cc1Br)C(N)=O. The summed E-state index contributed by atoms with van der Waals surface area (Å²) in [5.74, 6) is -0.425. The van der Waals surface area contributed by atoms with Crippen molar-refractivity contribution in [2.45, 2.75) is 13.0 Å². The molecule has 0 spiro atoms. The Kier molecular flexibility index (Phi) is 3.69. The summed E-state index contributed by atoms with van der Waals surface area (Å²) in [6, 6.07) is 6.64. The predicted molar refractivity (Wildman–Crippen MR) is 61.1 cm³/mol. The van der Waals surface area contributed by atoms with Gasteiger partial charge in [0.15, 0.2) is 0 Å². The predicted octanol–water partition coefficient (Wildman–Crippen LogP) is 1.61. The molecule has 1 atom stereocenters. The van der Waals surface area contributed by atoms with Gasteiger partial charge in [0.25, 0.3) is 0 Å². The average Bonchev–Trinajstić information content (AvgIpc) is 2.20. The molecule has 1 unspecified atom stereocenters. The van der Waals surface area contributed by atoms with Crippen molar-refractivity contribution >= 4 is 27.5 Å². The lowest BCUT2D eigenvalue weighted by atomic mass is 10.2. The molecule has 0 saturated carbocycles. The normalized spacial score (nSPS) is 11.5. The van der Waals surface area contributed by atoms with E-state index in [-0.39, 0.29) is 0 Å². The number of benzene rings is 1. The van der Waals surface area contributed by atoms with Crippen LogP contribution in [0.2, 0.25) is 0 Å². The number of rotatable bonds is 3. The van der Waals surface area contributed by atoms with Crippen LogP contribution in [0.4, 0.5) is 5.69 Å². The molecule has 3 N–H and O–H groups in total. The largest absolute Gasteiger partial charge is 0.373 e. The molecule has 0 aliphatic heterocycles. The number of nitrogens with one attached hydrogen (secondary N) is 1. The number of hydrogen-bond acceptors (Lipinski definition) is 3. The van der Waals surface area contributed by atoms with Crippen molar-refractivity contribution in [2.24, 2.45) is 5.73 Å². The number of carbonyl (C=O) groups is 1. The highest BCUT2D eigenvalue weighted by Gasteiger charge is 2.09. The van der Waals surface area contributed by atoms with Crippen LogP contribution in [-0.2, 0) is 4.79 Å². The van der Waals surface area contributed by atoms with Crippen LogP contribution in [0.15, 0.2) is 22.7 Å². The van der Waals surface area contributed by atoms with E-state index in [1.807, 2.05) is 6.07 Å². The third-order valence-electron chi connectivity index (χ3n) is 1.90. The van der Waals surface area contributed by atoms with Gasteiger partial charge in [0.1, 0.15) is 6.04 Å². The molecule has 1 amide bonds. The number of hydrogen-bond donors (Lipinski definition) is 2. The van der Waals surface area contributed by atoms with Crippen molar-refractivity contribution in [1.82, 2.24) is 0 Å². The van der Waals surface area contributed by atoms with E-state index in [1.54, 1.807) is 25.1 Å². The summed E-state index contributed by atoms with van der Waals surface area (Å²) >= 11 is 3.30. The number of nitriles is 1. The fourth-order valence-corrected chi connectivity index (χ4v) is 1.50. The monoisotopic (exact) mass is 267 g/mol. The van der Waals surface area contributed by atoms with E-state index in [0.29, 0.717) is 5.56 Å². The zero-order valence-corrected chi connectivity index (χ0v) is 9.71. The van der Waals surface area contributed by atoms with Gasteiger partial charge in [0.2, 0.25) is 5.91 Å². The van der Waals surface area contributed by atoms with Crippen LogP contribution < -0.4 is 11.1 Å². The molecule has 5 heteroatoms. The van der Waals surface area contributed by atoms with E-state index in [0.717, 1.165) is 10.2 Å². The van der Waals surface area contributed by atoms with Crippen LogP contribution in [0, 0.1) is 11.3 Å². The van der Waals surface area contributed by atoms with Gasteiger partial charge in [-0.2, -0.15) is 5.26 Å². The number of primary amides is 1. The zero-order chi connectivity index (χ0) is 11.4. The van der Waals surface area contributed by atoms with Crippen molar-refractivity contribution in [1.29, 1.82) is 5.26 Å². The first-order chi connectivity index (χ1) is 7.04. The molecule has 0 bridgehead atoms. The molecule has 1 rings (SSSR count). The summed E-state index contributed by atoms with van der Waals surface area (Å²) in [5, 5.41) is 11.6. The molecule has 0 heterocycles. The van der Waals surface area contributed by atoms with E-state index >= 15 is 0 Å². The second-order valence-corrected chi connectivity index (χ2v) is 3.93. The molecule has 0 aliphatic carbocycles. The summed E-state index contributed by atoms with van der Waals surface area (Å²) in [6.45, 7) is 1.67. The summed E-state index contributed by atoms with van der Waals surface area (Å²) in [7, 11) is 0. The maximum Gasteiger partial charge on any atom is 0.239 e. The Bertz CT molecular complexity index is 425. The third-order valence-corrected chi connectivity index (χ3v) is 2.55. The van der Waals surface area contributed by atoms with Gasteiger partial charge in [0.05, 0.1) is 11.6 Å². The van der Waals surface area contributed by atoms with E-state index in [1.165, 1.54) is 0 Å². The van der Waals surface area contributed by atoms with Gasteiger partial charge in [-0.3, -0.25) is 4.79 Å². The molecular formula is C10H10BrN3O. The Morgan fingerprint density at radius 2 is 2.33 bits per heavy atom. The minimum atomic E-state index is -0.450. The second-order valence-electron chi connectivity index (χ2n) is 3.07. The zero-order valence-electron chi connectivity index (χ0n) is 8.12. The smallest absolute Gasteiger partial charge is 0.239 e. The third kappa shape index (κ3) is 2.96. The molecule has 15 heavy (non-hydrogen) atoms. The Hall–Kier alpha value is -1.54. The van der Waals surface area contributed by atoms with Crippen molar-refractivity contribution in [3.8, 4) is 6.07 Å². The lowest BCUT2D eigenvalue weighted by molar-refractivity contribution is -0.118. The molecule has 0 saturated heterocycles. The molecule has 0 fully saturated rings. The maximum absolute atomic E-state index is 10.8.